The lowest BCUT2D eigenvalue weighted by molar-refractivity contribution is -0.131. The summed E-state index contributed by atoms with van der Waals surface area (Å²) in [6.45, 7) is 9.15. The molecule has 2 amide bonds. The van der Waals surface area contributed by atoms with E-state index in [1.807, 2.05) is 42.7 Å². The summed E-state index contributed by atoms with van der Waals surface area (Å²) in [5, 5.41) is 2.72. The summed E-state index contributed by atoms with van der Waals surface area (Å²) in [5.41, 5.74) is 1.69. The molecule has 0 radical (unpaired) electrons. The van der Waals surface area contributed by atoms with E-state index in [0.717, 1.165) is 11.0 Å². The molecule has 0 atom stereocenters. The Hall–Kier alpha value is -2.63. The molecule has 0 aliphatic rings. The van der Waals surface area contributed by atoms with E-state index in [1.165, 1.54) is 6.08 Å². The molecule has 0 fully saturated rings. The molecular weight excluding hydrogens is 292 g/mol. The second kappa shape index (κ2) is 7.58. The predicted molar refractivity (Wildman–Crippen MR) is 89.7 cm³/mol. The standard InChI is InChI=1S/C17H22N4O2/c1-4-16(22)18-11-15-19-13-9-7-8-10-14(13)21(15)12-17(23)20(5-2)6-3/h4,7-10H,1,5-6,11-12H2,2-3H3,(H,18,22). The number of amides is 2. The molecule has 0 saturated carbocycles. The normalized spacial score (nSPS) is 10.5. The maximum atomic E-state index is 12.4. The number of nitrogens with zero attached hydrogens (tertiary/aromatic N) is 3. The van der Waals surface area contributed by atoms with Crippen molar-refractivity contribution in [2.45, 2.75) is 26.9 Å². The Balaban J connectivity index is 2.32. The van der Waals surface area contributed by atoms with Gasteiger partial charge in [-0.15, -0.1) is 0 Å². The van der Waals surface area contributed by atoms with E-state index in [0.29, 0.717) is 18.9 Å². The zero-order valence-electron chi connectivity index (χ0n) is 13.6. The molecule has 1 heterocycles. The van der Waals surface area contributed by atoms with Gasteiger partial charge in [-0.25, -0.2) is 4.98 Å². The van der Waals surface area contributed by atoms with Gasteiger partial charge in [0.2, 0.25) is 11.8 Å². The van der Waals surface area contributed by atoms with Crippen LogP contribution in [0.15, 0.2) is 36.9 Å². The van der Waals surface area contributed by atoms with E-state index < -0.39 is 0 Å². The van der Waals surface area contributed by atoms with Gasteiger partial charge in [0.25, 0.3) is 0 Å². The highest BCUT2D eigenvalue weighted by atomic mass is 16.2. The SMILES string of the molecule is C=CC(=O)NCc1nc2ccccc2n1CC(=O)N(CC)CC. The number of likely N-dealkylation sites (N-methyl/N-ethyl adjacent to an activating group) is 1. The van der Waals surface area contributed by atoms with Crippen LogP contribution in [0, 0.1) is 0 Å². The number of para-hydroxylation sites is 2. The zero-order chi connectivity index (χ0) is 16.8. The van der Waals surface area contributed by atoms with Gasteiger partial charge in [0.15, 0.2) is 0 Å². The van der Waals surface area contributed by atoms with Crippen LogP contribution in [0.2, 0.25) is 0 Å². The number of aromatic nitrogens is 2. The van der Waals surface area contributed by atoms with Crippen LogP contribution in [-0.2, 0) is 22.7 Å². The summed E-state index contributed by atoms with van der Waals surface area (Å²) in [6.07, 6.45) is 1.22. The number of fused-ring (bicyclic) bond motifs is 1. The first kappa shape index (κ1) is 16.7. The van der Waals surface area contributed by atoms with Gasteiger partial charge in [-0.05, 0) is 32.1 Å². The van der Waals surface area contributed by atoms with E-state index in [4.69, 9.17) is 0 Å². The highest BCUT2D eigenvalue weighted by Crippen LogP contribution is 2.16. The van der Waals surface area contributed by atoms with Crippen molar-refractivity contribution in [1.82, 2.24) is 19.8 Å². The highest BCUT2D eigenvalue weighted by molar-refractivity contribution is 5.87. The number of hydrogen-bond acceptors (Lipinski definition) is 3. The molecule has 0 aliphatic heterocycles. The van der Waals surface area contributed by atoms with Crippen LogP contribution in [-0.4, -0.2) is 39.4 Å². The monoisotopic (exact) mass is 314 g/mol. The van der Waals surface area contributed by atoms with Crippen LogP contribution in [0.4, 0.5) is 0 Å². The Morgan fingerprint density at radius 2 is 2.00 bits per heavy atom. The highest BCUT2D eigenvalue weighted by Gasteiger charge is 2.16. The molecule has 0 saturated heterocycles. The zero-order valence-corrected chi connectivity index (χ0v) is 13.6. The number of rotatable bonds is 7. The first-order valence-electron chi connectivity index (χ1n) is 7.72. The number of imidazole rings is 1. The Kier molecular flexibility index (Phi) is 5.51. The van der Waals surface area contributed by atoms with Gasteiger partial charge in [-0.3, -0.25) is 9.59 Å². The molecule has 1 aromatic heterocycles. The Bertz CT molecular complexity index is 716. The number of nitrogens with one attached hydrogen (secondary N) is 1. The first-order valence-corrected chi connectivity index (χ1v) is 7.72. The van der Waals surface area contributed by atoms with Crippen LogP contribution in [0.1, 0.15) is 19.7 Å². The second-order valence-electron chi connectivity index (χ2n) is 5.09. The minimum absolute atomic E-state index is 0.0365. The Labute approximate surface area is 135 Å². The van der Waals surface area contributed by atoms with E-state index in [2.05, 4.69) is 16.9 Å². The third-order valence-electron chi connectivity index (χ3n) is 3.75. The Morgan fingerprint density at radius 3 is 2.65 bits per heavy atom. The molecule has 122 valence electrons. The minimum Gasteiger partial charge on any atom is -0.345 e. The summed E-state index contributed by atoms with van der Waals surface area (Å²) in [6, 6.07) is 7.63. The van der Waals surface area contributed by atoms with Crippen molar-refractivity contribution in [3.05, 3.63) is 42.7 Å². The number of carbonyl (C=O) groups is 2. The van der Waals surface area contributed by atoms with Crippen molar-refractivity contribution in [3.8, 4) is 0 Å². The molecule has 1 aromatic carbocycles. The molecule has 6 heteroatoms. The summed E-state index contributed by atoms with van der Waals surface area (Å²) >= 11 is 0. The molecule has 0 spiro atoms. The smallest absolute Gasteiger partial charge is 0.243 e. The van der Waals surface area contributed by atoms with E-state index >= 15 is 0 Å². The van der Waals surface area contributed by atoms with E-state index in [-0.39, 0.29) is 24.9 Å². The largest absolute Gasteiger partial charge is 0.345 e. The minimum atomic E-state index is -0.265. The van der Waals surface area contributed by atoms with Gasteiger partial charge < -0.3 is 14.8 Å². The molecule has 1 N–H and O–H groups in total. The van der Waals surface area contributed by atoms with Gasteiger partial charge in [0.05, 0.1) is 17.6 Å². The molecule has 0 aliphatic carbocycles. The molecule has 23 heavy (non-hydrogen) atoms. The fourth-order valence-electron chi connectivity index (χ4n) is 2.49. The number of benzene rings is 1. The molecule has 6 nitrogen and oxygen atoms in total. The van der Waals surface area contributed by atoms with E-state index in [9.17, 15) is 9.59 Å². The maximum absolute atomic E-state index is 12.4. The topological polar surface area (TPSA) is 67.2 Å². The summed E-state index contributed by atoms with van der Waals surface area (Å²) in [4.78, 5) is 30.1. The van der Waals surface area contributed by atoms with Gasteiger partial charge >= 0.3 is 0 Å². The summed E-state index contributed by atoms with van der Waals surface area (Å²) in [5.74, 6) is 0.426. The lowest BCUT2D eigenvalue weighted by atomic mass is 10.3. The van der Waals surface area contributed by atoms with Crippen LogP contribution >= 0.6 is 0 Å². The second-order valence-corrected chi connectivity index (χ2v) is 5.09. The first-order chi connectivity index (χ1) is 11.1. The van der Waals surface area contributed by atoms with Crippen LogP contribution < -0.4 is 5.32 Å². The van der Waals surface area contributed by atoms with E-state index in [1.54, 1.807) is 4.90 Å². The lowest BCUT2D eigenvalue weighted by Gasteiger charge is -2.20. The quantitative estimate of drug-likeness (QED) is 0.791. The van der Waals surface area contributed by atoms with Crippen molar-refractivity contribution >= 4 is 22.8 Å². The summed E-state index contributed by atoms with van der Waals surface area (Å²) in [7, 11) is 0. The third kappa shape index (κ3) is 3.77. The average Bonchev–Trinajstić information content (AvgIpc) is 2.91. The fourth-order valence-corrected chi connectivity index (χ4v) is 2.49. The lowest BCUT2D eigenvalue weighted by Crippen LogP contribution is -2.34. The predicted octanol–water partition coefficient (Wildman–Crippen LogP) is 1.71. The fraction of sp³-hybridized carbons (Fsp3) is 0.353. The van der Waals surface area contributed by atoms with Gasteiger partial charge in [0.1, 0.15) is 12.4 Å². The average molecular weight is 314 g/mol. The van der Waals surface area contributed by atoms with Crippen molar-refractivity contribution in [2.75, 3.05) is 13.1 Å². The number of carbonyl (C=O) groups excluding carboxylic acids is 2. The van der Waals surface area contributed by atoms with Crippen molar-refractivity contribution < 1.29 is 9.59 Å². The van der Waals surface area contributed by atoms with Gasteiger partial charge in [-0.1, -0.05) is 18.7 Å². The van der Waals surface area contributed by atoms with Crippen LogP contribution in [0.5, 0.6) is 0 Å². The summed E-state index contributed by atoms with van der Waals surface area (Å²) < 4.78 is 1.86. The maximum Gasteiger partial charge on any atom is 0.243 e. The molecule has 0 unspecified atom stereocenters. The van der Waals surface area contributed by atoms with Gasteiger partial charge in [-0.2, -0.15) is 0 Å². The molecule has 0 bridgehead atoms. The molecule has 2 aromatic rings. The van der Waals surface area contributed by atoms with Crippen molar-refractivity contribution in [3.63, 3.8) is 0 Å². The molecule has 2 rings (SSSR count). The number of hydrogen-bond donors (Lipinski definition) is 1. The van der Waals surface area contributed by atoms with Gasteiger partial charge in [0, 0.05) is 13.1 Å². The third-order valence-corrected chi connectivity index (χ3v) is 3.75. The Morgan fingerprint density at radius 1 is 1.30 bits per heavy atom. The van der Waals surface area contributed by atoms with Crippen LogP contribution in [0.3, 0.4) is 0 Å². The molecular formula is C17H22N4O2. The van der Waals surface area contributed by atoms with Crippen LogP contribution in [0.25, 0.3) is 11.0 Å². The van der Waals surface area contributed by atoms with Crippen molar-refractivity contribution in [1.29, 1.82) is 0 Å². The van der Waals surface area contributed by atoms with Crippen molar-refractivity contribution in [2.24, 2.45) is 0 Å².